The molecule has 0 aliphatic carbocycles. The lowest BCUT2D eigenvalue weighted by atomic mass is 10.1. The zero-order valence-corrected chi connectivity index (χ0v) is 15.3. The molecule has 2 aromatic carbocycles. The van der Waals surface area contributed by atoms with E-state index in [4.69, 9.17) is 0 Å². The molecule has 1 aliphatic heterocycles. The lowest BCUT2D eigenvalue weighted by molar-refractivity contribution is 0.956. The SMILES string of the molecule is CN1CCc2cc(C=NNc3nc(-c4ccccc4)c(C#N)c(=O)[nH]3)ccc21. The Morgan fingerprint density at radius 2 is 2.11 bits per heavy atom. The standard InChI is InChI=1S/C21H18N6O/c1-27-10-9-16-11-14(7-8-18(16)27)13-23-26-21-24-19(15-5-3-2-4-6-15)17(12-22)20(28)25-21/h2-8,11,13H,9-10H2,1H3,(H2,24,25,26,28). The zero-order valence-electron chi connectivity index (χ0n) is 15.3. The second kappa shape index (κ2) is 7.37. The molecule has 0 saturated carbocycles. The molecular formula is C21H18N6O. The van der Waals surface area contributed by atoms with Gasteiger partial charge in [0.15, 0.2) is 0 Å². The van der Waals surface area contributed by atoms with Crippen LogP contribution < -0.4 is 15.9 Å². The summed E-state index contributed by atoms with van der Waals surface area (Å²) in [5.41, 5.74) is 6.74. The van der Waals surface area contributed by atoms with Crippen LogP contribution in [-0.2, 0) is 6.42 Å². The second-order valence-electron chi connectivity index (χ2n) is 6.55. The number of fused-ring (bicyclic) bond motifs is 1. The van der Waals surface area contributed by atoms with Gasteiger partial charge in [0.1, 0.15) is 11.6 Å². The number of hydrogen-bond acceptors (Lipinski definition) is 6. The number of aromatic nitrogens is 2. The van der Waals surface area contributed by atoms with E-state index in [1.165, 1.54) is 11.3 Å². The summed E-state index contributed by atoms with van der Waals surface area (Å²) in [5.74, 6) is 0.181. The maximum atomic E-state index is 12.2. The highest BCUT2D eigenvalue weighted by molar-refractivity contribution is 5.82. The van der Waals surface area contributed by atoms with Crippen LogP contribution >= 0.6 is 0 Å². The fourth-order valence-corrected chi connectivity index (χ4v) is 3.27. The molecule has 28 heavy (non-hydrogen) atoms. The Morgan fingerprint density at radius 1 is 1.29 bits per heavy atom. The fraction of sp³-hybridized carbons (Fsp3) is 0.143. The Hall–Kier alpha value is -3.92. The van der Waals surface area contributed by atoms with E-state index < -0.39 is 5.56 Å². The quantitative estimate of drug-likeness (QED) is 0.544. The molecule has 138 valence electrons. The summed E-state index contributed by atoms with van der Waals surface area (Å²) in [5, 5.41) is 13.5. The molecular weight excluding hydrogens is 352 g/mol. The van der Waals surface area contributed by atoms with Gasteiger partial charge in [-0.25, -0.2) is 10.4 Å². The van der Waals surface area contributed by atoms with E-state index >= 15 is 0 Å². The van der Waals surface area contributed by atoms with Crippen molar-refractivity contribution in [3.8, 4) is 17.3 Å². The maximum Gasteiger partial charge on any atom is 0.270 e. The Balaban J connectivity index is 1.59. The number of likely N-dealkylation sites (N-methyl/N-ethyl adjacent to an activating group) is 1. The van der Waals surface area contributed by atoms with Crippen molar-refractivity contribution in [2.45, 2.75) is 6.42 Å². The third-order valence-electron chi connectivity index (χ3n) is 4.69. The van der Waals surface area contributed by atoms with Crippen molar-refractivity contribution in [2.24, 2.45) is 5.10 Å². The van der Waals surface area contributed by atoms with Crippen LogP contribution in [0.25, 0.3) is 11.3 Å². The zero-order chi connectivity index (χ0) is 19.5. The van der Waals surface area contributed by atoms with Gasteiger partial charge in [-0.3, -0.25) is 9.78 Å². The first-order valence-corrected chi connectivity index (χ1v) is 8.88. The van der Waals surface area contributed by atoms with E-state index in [9.17, 15) is 10.1 Å². The van der Waals surface area contributed by atoms with E-state index in [1.807, 2.05) is 30.3 Å². The smallest absolute Gasteiger partial charge is 0.270 e. The molecule has 0 fully saturated rings. The van der Waals surface area contributed by atoms with Gasteiger partial charge in [0.25, 0.3) is 5.56 Å². The van der Waals surface area contributed by atoms with Gasteiger partial charge in [0.05, 0.1) is 11.9 Å². The van der Waals surface area contributed by atoms with E-state index in [1.54, 1.807) is 18.3 Å². The minimum atomic E-state index is -0.505. The van der Waals surface area contributed by atoms with Crippen LogP contribution in [0.3, 0.4) is 0 Å². The molecule has 7 nitrogen and oxygen atoms in total. The molecule has 2 N–H and O–H groups in total. The summed E-state index contributed by atoms with van der Waals surface area (Å²) >= 11 is 0. The molecule has 0 amide bonds. The van der Waals surface area contributed by atoms with Crippen LogP contribution in [0.4, 0.5) is 11.6 Å². The molecule has 1 aromatic heterocycles. The molecule has 0 unspecified atom stereocenters. The summed E-state index contributed by atoms with van der Waals surface area (Å²) in [6.07, 6.45) is 2.70. The molecule has 0 spiro atoms. The number of aromatic amines is 1. The molecule has 0 atom stereocenters. The van der Waals surface area contributed by atoms with Gasteiger partial charge in [0, 0.05) is 24.8 Å². The van der Waals surface area contributed by atoms with Crippen LogP contribution in [-0.4, -0.2) is 29.8 Å². The van der Waals surface area contributed by atoms with Crippen LogP contribution in [0.15, 0.2) is 58.4 Å². The van der Waals surface area contributed by atoms with Crippen LogP contribution in [0, 0.1) is 11.3 Å². The number of H-pyrrole nitrogens is 1. The average molecular weight is 370 g/mol. The lowest BCUT2D eigenvalue weighted by Crippen LogP contribution is -2.16. The number of nitriles is 1. The molecule has 0 radical (unpaired) electrons. The van der Waals surface area contributed by atoms with Gasteiger partial charge in [-0.2, -0.15) is 10.4 Å². The van der Waals surface area contributed by atoms with Gasteiger partial charge in [-0.05, 0) is 29.7 Å². The van der Waals surface area contributed by atoms with Gasteiger partial charge in [-0.1, -0.05) is 36.4 Å². The Labute approximate surface area is 162 Å². The van der Waals surface area contributed by atoms with Gasteiger partial charge in [-0.15, -0.1) is 0 Å². The topological polar surface area (TPSA) is 97.2 Å². The number of rotatable bonds is 4. The van der Waals surface area contributed by atoms with Crippen molar-refractivity contribution < 1.29 is 0 Å². The monoisotopic (exact) mass is 370 g/mol. The van der Waals surface area contributed by atoms with Crippen molar-refractivity contribution in [1.29, 1.82) is 5.26 Å². The summed E-state index contributed by atoms with van der Waals surface area (Å²) < 4.78 is 0. The molecule has 1 aliphatic rings. The number of benzene rings is 2. The summed E-state index contributed by atoms with van der Waals surface area (Å²) in [6.45, 7) is 1.02. The summed E-state index contributed by atoms with van der Waals surface area (Å²) in [7, 11) is 2.08. The maximum absolute atomic E-state index is 12.2. The predicted octanol–water partition coefficient (Wildman–Crippen LogP) is 2.75. The Morgan fingerprint density at radius 3 is 2.89 bits per heavy atom. The van der Waals surface area contributed by atoms with Crippen LogP contribution in [0.1, 0.15) is 16.7 Å². The third-order valence-corrected chi connectivity index (χ3v) is 4.69. The minimum absolute atomic E-state index is 0.0246. The average Bonchev–Trinajstić information content (AvgIpc) is 3.08. The van der Waals surface area contributed by atoms with Crippen LogP contribution in [0.2, 0.25) is 0 Å². The highest BCUT2D eigenvalue weighted by atomic mass is 16.1. The van der Waals surface area contributed by atoms with Crippen molar-refractivity contribution in [1.82, 2.24) is 9.97 Å². The highest BCUT2D eigenvalue weighted by Crippen LogP contribution is 2.26. The summed E-state index contributed by atoms with van der Waals surface area (Å²) in [6, 6.07) is 17.2. The number of nitrogens with one attached hydrogen (secondary N) is 2. The van der Waals surface area contributed by atoms with Crippen molar-refractivity contribution >= 4 is 17.9 Å². The van der Waals surface area contributed by atoms with Gasteiger partial charge < -0.3 is 4.90 Å². The largest absolute Gasteiger partial charge is 0.374 e. The molecule has 3 aromatic rings. The van der Waals surface area contributed by atoms with E-state index in [0.717, 1.165) is 18.5 Å². The van der Waals surface area contributed by atoms with Crippen molar-refractivity contribution in [2.75, 3.05) is 23.9 Å². The normalized spacial score (nSPS) is 12.8. The van der Waals surface area contributed by atoms with E-state index in [0.29, 0.717) is 11.3 Å². The Bertz CT molecular complexity index is 1140. The Kier molecular flexibility index (Phi) is 4.60. The fourth-order valence-electron chi connectivity index (χ4n) is 3.27. The third kappa shape index (κ3) is 3.35. The molecule has 4 rings (SSSR count). The number of nitrogens with zero attached hydrogens (tertiary/aromatic N) is 4. The van der Waals surface area contributed by atoms with Crippen molar-refractivity contribution in [3.63, 3.8) is 0 Å². The number of hydrazone groups is 1. The van der Waals surface area contributed by atoms with Crippen LogP contribution in [0.5, 0.6) is 0 Å². The number of anilines is 2. The summed E-state index contributed by atoms with van der Waals surface area (Å²) in [4.78, 5) is 21.4. The van der Waals surface area contributed by atoms with E-state index in [-0.39, 0.29) is 11.5 Å². The molecule has 7 heteroatoms. The minimum Gasteiger partial charge on any atom is -0.374 e. The first-order chi connectivity index (χ1) is 13.7. The van der Waals surface area contributed by atoms with Gasteiger partial charge >= 0.3 is 0 Å². The molecule has 2 heterocycles. The van der Waals surface area contributed by atoms with E-state index in [2.05, 4.69) is 44.6 Å². The first-order valence-electron chi connectivity index (χ1n) is 8.88. The van der Waals surface area contributed by atoms with Crippen molar-refractivity contribution in [3.05, 3.63) is 75.6 Å². The first kappa shape index (κ1) is 17.5. The number of hydrogen-bond donors (Lipinski definition) is 2. The lowest BCUT2D eigenvalue weighted by Gasteiger charge is -2.11. The second-order valence-corrected chi connectivity index (χ2v) is 6.55. The van der Waals surface area contributed by atoms with Gasteiger partial charge in [0.2, 0.25) is 5.95 Å². The molecule has 0 bridgehead atoms. The molecule has 0 saturated heterocycles. The highest BCUT2D eigenvalue weighted by Gasteiger charge is 2.15. The predicted molar refractivity (Wildman–Crippen MR) is 110 cm³/mol.